The zero-order valence-corrected chi connectivity index (χ0v) is 12.0. The Morgan fingerprint density at radius 2 is 2.10 bits per heavy atom. The van der Waals surface area contributed by atoms with Crippen molar-refractivity contribution in [3.05, 3.63) is 35.9 Å². The predicted octanol–water partition coefficient (Wildman–Crippen LogP) is 3.39. The molecule has 1 aromatic carbocycles. The minimum atomic E-state index is 0.413. The van der Waals surface area contributed by atoms with Crippen LogP contribution in [0.3, 0.4) is 0 Å². The van der Waals surface area contributed by atoms with E-state index in [9.17, 15) is 0 Å². The molecule has 0 spiro atoms. The van der Waals surface area contributed by atoms with Gasteiger partial charge in [0.1, 0.15) is 17.1 Å². The topological polar surface area (TPSA) is 73.3 Å². The van der Waals surface area contributed by atoms with E-state index in [1.165, 1.54) is 0 Å². The van der Waals surface area contributed by atoms with E-state index in [4.69, 9.17) is 13.6 Å². The van der Waals surface area contributed by atoms with Gasteiger partial charge in [0.25, 0.3) is 0 Å². The van der Waals surface area contributed by atoms with Crippen molar-refractivity contribution in [2.45, 2.75) is 26.3 Å². The van der Waals surface area contributed by atoms with E-state index in [2.05, 4.69) is 22.4 Å². The molecular formula is C15H17N3O3. The van der Waals surface area contributed by atoms with E-state index in [-0.39, 0.29) is 0 Å². The predicted molar refractivity (Wildman–Crippen MR) is 78.4 cm³/mol. The average Bonchev–Trinajstić information content (AvgIpc) is 3.10. The van der Waals surface area contributed by atoms with Crippen LogP contribution in [0, 0.1) is 0 Å². The first-order chi connectivity index (χ1) is 10.3. The van der Waals surface area contributed by atoms with Crippen LogP contribution in [0.2, 0.25) is 0 Å². The lowest BCUT2D eigenvalue weighted by molar-refractivity contribution is 0.415. The number of aryl methyl sites for hydroxylation is 1. The summed E-state index contributed by atoms with van der Waals surface area (Å²) in [6, 6.07) is 8.08. The Labute approximate surface area is 122 Å². The lowest BCUT2D eigenvalue weighted by atomic mass is 10.2. The van der Waals surface area contributed by atoms with Crippen LogP contribution in [0.1, 0.15) is 25.0 Å². The molecular weight excluding hydrogens is 270 g/mol. The van der Waals surface area contributed by atoms with E-state index in [1.54, 1.807) is 7.11 Å². The second-order valence-electron chi connectivity index (χ2n) is 4.72. The molecule has 2 heterocycles. The molecule has 2 aromatic heterocycles. The number of furan rings is 1. The van der Waals surface area contributed by atoms with Gasteiger partial charge in [-0.3, -0.25) is 0 Å². The zero-order valence-electron chi connectivity index (χ0n) is 12.0. The maximum absolute atomic E-state index is 5.74. The maximum atomic E-state index is 5.74. The lowest BCUT2D eigenvalue weighted by Gasteiger charge is -1.97. The number of ether oxygens (including phenoxy) is 1. The number of anilines is 1. The summed E-state index contributed by atoms with van der Waals surface area (Å²) in [6.45, 7) is 2.56. The number of rotatable bonds is 6. The Kier molecular flexibility index (Phi) is 3.77. The third-order valence-electron chi connectivity index (χ3n) is 3.12. The summed E-state index contributed by atoms with van der Waals surface area (Å²) in [5.41, 5.74) is 0.824. The number of benzene rings is 1. The Bertz CT molecular complexity index is 733. The van der Waals surface area contributed by atoms with Crippen molar-refractivity contribution in [3.63, 3.8) is 0 Å². The molecule has 0 amide bonds. The van der Waals surface area contributed by atoms with Crippen LogP contribution in [-0.2, 0) is 13.0 Å². The quantitative estimate of drug-likeness (QED) is 0.749. The summed E-state index contributed by atoms with van der Waals surface area (Å²) in [5, 5.41) is 12.0. The second-order valence-corrected chi connectivity index (χ2v) is 4.72. The molecule has 21 heavy (non-hydrogen) atoms. The molecule has 0 radical (unpaired) electrons. The van der Waals surface area contributed by atoms with Crippen LogP contribution in [0.5, 0.6) is 5.75 Å². The van der Waals surface area contributed by atoms with Gasteiger partial charge in [0.05, 0.1) is 13.7 Å². The van der Waals surface area contributed by atoms with E-state index >= 15 is 0 Å². The molecule has 110 valence electrons. The van der Waals surface area contributed by atoms with E-state index in [0.717, 1.165) is 35.3 Å². The zero-order chi connectivity index (χ0) is 14.7. The Balaban J connectivity index is 1.69. The van der Waals surface area contributed by atoms with Crippen molar-refractivity contribution < 1.29 is 13.6 Å². The summed E-state index contributed by atoms with van der Waals surface area (Å²) in [4.78, 5) is 0. The van der Waals surface area contributed by atoms with Crippen molar-refractivity contribution in [2.24, 2.45) is 0 Å². The monoisotopic (exact) mass is 287 g/mol. The standard InChI is InChI=1S/C15H17N3O3/c1-3-4-14-17-18-15(21-14)16-9-12-8-10-7-11(19-2)5-6-13(10)20-12/h5-8H,3-4,9H2,1-2H3,(H,16,18). The fourth-order valence-corrected chi connectivity index (χ4v) is 2.09. The van der Waals surface area contributed by atoms with Gasteiger partial charge in [0, 0.05) is 11.8 Å². The fourth-order valence-electron chi connectivity index (χ4n) is 2.09. The van der Waals surface area contributed by atoms with E-state index in [1.807, 2.05) is 24.3 Å². The van der Waals surface area contributed by atoms with Gasteiger partial charge in [0.2, 0.25) is 5.89 Å². The molecule has 0 saturated carbocycles. The van der Waals surface area contributed by atoms with Crippen molar-refractivity contribution in [1.29, 1.82) is 0 Å². The highest BCUT2D eigenvalue weighted by Crippen LogP contribution is 2.24. The van der Waals surface area contributed by atoms with Crippen LogP contribution in [0.15, 0.2) is 33.1 Å². The molecule has 0 bridgehead atoms. The smallest absolute Gasteiger partial charge is 0.315 e. The Morgan fingerprint density at radius 3 is 2.90 bits per heavy atom. The molecule has 6 nitrogen and oxygen atoms in total. The number of hydrogen-bond donors (Lipinski definition) is 1. The van der Waals surface area contributed by atoms with Crippen molar-refractivity contribution in [2.75, 3.05) is 12.4 Å². The third kappa shape index (κ3) is 2.99. The number of hydrogen-bond acceptors (Lipinski definition) is 6. The number of nitrogens with one attached hydrogen (secondary N) is 1. The van der Waals surface area contributed by atoms with Gasteiger partial charge in [0.15, 0.2) is 0 Å². The van der Waals surface area contributed by atoms with Crippen LogP contribution >= 0.6 is 0 Å². The lowest BCUT2D eigenvalue weighted by Crippen LogP contribution is -1.97. The van der Waals surface area contributed by atoms with Gasteiger partial charge in [-0.2, -0.15) is 0 Å². The van der Waals surface area contributed by atoms with Crippen molar-refractivity contribution in [1.82, 2.24) is 10.2 Å². The largest absolute Gasteiger partial charge is 0.497 e. The summed E-state index contributed by atoms with van der Waals surface area (Å²) < 4.78 is 16.4. The molecule has 0 aliphatic carbocycles. The Hall–Kier alpha value is -2.50. The van der Waals surface area contributed by atoms with Crippen LogP contribution in [0.4, 0.5) is 6.01 Å². The van der Waals surface area contributed by atoms with Gasteiger partial charge in [-0.05, 0) is 30.7 Å². The number of fused-ring (bicyclic) bond motifs is 1. The van der Waals surface area contributed by atoms with Crippen molar-refractivity contribution in [3.8, 4) is 5.75 Å². The van der Waals surface area contributed by atoms with Crippen LogP contribution in [0.25, 0.3) is 11.0 Å². The first-order valence-corrected chi connectivity index (χ1v) is 6.91. The highest BCUT2D eigenvalue weighted by molar-refractivity contribution is 5.79. The SMILES string of the molecule is CCCc1nnc(NCc2cc3cc(OC)ccc3o2)o1. The molecule has 1 N–H and O–H groups in total. The normalized spacial score (nSPS) is 11.0. The van der Waals surface area contributed by atoms with Gasteiger partial charge in [-0.15, -0.1) is 5.10 Å². The molecule has 0 atom stereocenters. The van der Waals surface area contributed by atoms with E-state index < -0.39 is 0 Å². The first-order valence-electron chi connectivity index (χ1n) is 6.91. The summed E-state index contributed by atoms with van der Waals surface area (Å²) in [5.74, 6) is 2.26. The van der Waals surface area contributed by atoms with Crippen LogP contribution in [-0.4, -0.2) is 17.3 Å². The van der Waals surface area contributed by atoms with Gasteiger partial charge in [-0.1, -0.05) is 12.0 Å². The molecule has 0 fully saturated rings. The van der Waals surface area contributed by atoms with Gasteiger partial charge >= 0.3 is 6.01 Å². The molecule has 0 saturated heterocycles. The molecule has 0 unspecified atom stereocenters. The molecule has 0 aliphatic heterocycles. The number of nitrogens with zero attached hydrogens (tertiary/aromatic N) is 2. The summed E-state index contributed by atoms with van der Waals surface area (Å²) in [6.07, 6.45) is 1.77. The summed E-state index contributed by atoms with van der Waals surface area (Å²) in [7, 11) is 1.65. The Morgan fingerprint density at radius 1 is 1.19 bits per heavy atom. The fraction of sp³-hybridized carbons (Fsp3) is 0.333. The van der Waals surface area contributed by atoms with E-state index in [0.29, 0.717) is 18.5 Å². The molecule has 0 aliphatic rings. The maximum Gasteiger partial charge on any atom is 0.315 e. The first kappa shape index (κ1) is 13.5. The molecule has 3 rings (SSSR count). The van der Waals surface area contributed by atoms with Gasteiger partial charge in [-0.25, -0.2) is 0 Å². The van der Waals surface area contributed by atoms with Gasteiger partial charge < -0.3 is 18.9 Å². The minimum absolute atomic E-state index is 0.413. The minimum Gasteiger partial charge on any atom is -0.497 e. The highest BCUT2D eigenvalue weighted by Gasteiger charge is 2.08. The summed E-state index contributed by atoms with van der Waals surface area (Å²) >= 11 is 0. The number of methoxy groups -OCH3 is 1. The average molecular weight is 287 g/mol. The van der Waals surface area contributed by atoms with Crippen LogP contribution < -0.4 is 10.1 Å². The third-order valence-corrected chi connectivity index (χ3v) is 3.12. The second kappa shape index (κ2) is 5.87. The van der Waals surface area contributed by atoms with Crippen molar-refractivity contribution >= 4 is 17.0 Å². The molecule has 3 aromatic rings. The molecule has 6 heteroatoms. The number of aromatic nitrogens is 2. The highest BCUT2D eigenvalue weighted by atomic mass is 16.5.